The summed E-state index contributed by atoms with van der Waals surface area (Å²) in [6.45, 7) is 0.922. The van der Waals surface area contributed by atoms with Gasteiger partial charge in [-0.2, -0.15) is 5.10 Å². The molecule has 0 unspecified atom stereocenters. The van der Waals surface area contributed by atoms with E-state index in [2.05, 4.69) is 5.10 Å². The SMILES string of the molecule is COCCn1nccc1C(=O)c1ccc(F)c(Cl)c1. The van der Waals surface area contributed by atoms with Gasteiger partial charge in [-0.25, -0.2) is 4.39 Å². The molecule has 0 bridgehead atoms. The number of ether oxygens (including phenoxy) is 1. The lowest BCUT2D eigenvalue weighted by molar-refractivity contribution is 0.102. The van der Waals surface area contributed by atoms with Crippen LogP contribution in [0.4, 0.5) is 4.39 Å². The van der Waals surface area contributed by atoms with Crippen LogP contribution in [-0.4, -0.2) is 29.3 Å². The van der Waals surface area contributed by atoms with E-state index in [9.17, 15) is 9.18 Å². The van der Waals surface area contributed by atoms with Crippen molar-refractivity contribution in [3.8, 4) is 0 Å². The van der Waals surface area contributed by atoms with Crippen molar-refractivity contribution in [3.05, 3.63) is 52.6 Å². The molecule has 0 amide bonds. The van der Waals surface area contributed by atoms with Crippen LogP contribution in [0, 0.1) is 5.82 Å². The molecule has 1 aromatic carbocycles. The normalized spacial score (nSPS) is 10.7. The number of halogens is 2. The zero-order valence-electron chi connectivity index (χ0n) is 10.3. The van der Waals surface area contributed by atoms with Gasteiger partial charge in [0.25, 0.3) is 0 Å². The molecular weight excluding hydrogens is 271 g/mol. The minimum atomic E-state index is -0.550. The van der Waals surface area contributed by atoms with Gasteiger partial charge in [0.15, 0.2) is 0 Å². The van der Waals surface area contributed by atoms with Crippen molar-refractivity contribution < 1.29 is 13.9 Å². The first kappa shape index (κ1) is 13.7. The number of hydrogen-bond acceptors (Lipinski definition) is 3. The molecule has 4 nitrogen and oxygen atoms in total. The molecule has 0 spiro atoms. The standard InChI is InChI=1S/C13H12ClFN2O2/c1-19-7-6-17-12(4-5-16-17)13(18)9-2-3-11(15)10(14)8-9/h2-5,8H,6-7H2,1H3. The molecule has 6 heteroatoms. The van der Waals surface area contributed by atoms with Crippen LogP contribution >= 0.6 is 11.6 Å². The van der Waals surface area contributed by atoms with E-state index in [0.29, 0.717) is 24.4 Å². The van der Waals surface area contributed by atoms with Crippen LogP contribution in [0.25, 0.3) is 0 Å². The highest BCUT2D eigenvalue weighted by atomic mass is 35.5. The molecule has 0 aliphatic heterocycles. The van der Waals surface area contributed by atoms with Crippen LogP contribution in [0.2, 0.25) is 5.02 Å². The molecule has 1 aromatic heterocycles. The van der Waals surface area contributed by atoms with E-state index < -0.39 is 5.82 Å². The number of carbonyl (C=O) groups is 1. The fourth-order valence-corrected chi connectivity index (χ4v) is 1.85. The minimum Gasteiger partial charge on any atom is -0.383 e. The van der Waals surface area contributed by atoms with Gasteiger partial charge in [0.05, 0.1) is 18.2 Å². The zero-order chi connectivity index (χ0) is 13.8. The van der Waals surface area contributed by atoms with E-state index in [1.165, 1.54) is 24.4 Å². The second kappa shape index (κ2) is 5.95. The third-order valence-corrected chi connectivity index (χ3v) is 2.93. The number of benzene rings is 1. The van der Waals surface area contributed by atoms with E-state index in [4.69, 9.17) is 16.3 Å². The molecule has 0 fully saturated rings. The van der Waals surface area contributed by atoms with Crippen LogP contribution < -0.4 is 0 Å². The summed E-state index contributed by atoms with van der Waals surface area (Å²) in [7, 11) is 1.57. The van der Waals surface area contributed by atoms with E-state index in [-0.39, 0.29) is 10.8 Å². The Balaban J connectivity index is 2.28. The van der Waals surface area contributed by atoms with Crippen LogP contribution in [0.5, 0.6) is 0 Å². The molecule has 0 radical (unpaired) electrons. The molecule has 100 valence electrons. The van der Waals surface area contributed by atoms with E-state index in [1.54, 1.807) is 17.9 Å². The number of nitrogens with zero attached hydrogens (tertiary/aromatic N) is 2. The van der Waals surface area contributed by atoms with Gasteiger partial charge < -0.3 is 4.74 Å². The van der Waals surface area contributed by atoms with Gasteiger partial charge in [-0.3, -0.25) is 9.48 Å². The number of hydrogen-bond donors (Lipinski definition) is 0. The summed E-state index contributed by atoms with van der Waals surface area (Å²) in [5.74, 6) is -0.804. The van der Waals surface area contributed by atoms with Crippen LogP contribution in [0.15, 0.2) is 30.5 Å². The van der Waals surface area contributed by atoms with Crippen molar-refractivity contribution >= 4 is 17.4 Å². The molecular formula is C13H12ClFN2O2. The number of ketones is 1. The van der Waals surface area contributed by atoms with Crippen LogP contribution in [0.1, 0.15) is 16.1 Å². The van der Waals surface area contributed by atoms with E-state index >= 15 is 0 Å². The molecule has 0 aliphatic rings. The topological polar surface area (TPSA) is 44.1 Å². The Bertz CT molecular complexity index is 598. The Hall–Kier alpha value is -1.72. The van der Waals surface area contributed by atoms with E-state index in [0.717, 1.165) is 0 Å². The highest BCUT2D eigenvalue weighted by Gasteiger charge is 2.15. The van der Waals surface area contributed by atoms with Crippen molar-refractivity contribution in [2.24, 2.45) is 0 Å². The molecule has 0 saturated heterocycles. The maximum atomic E-state index is 13.1. The Morgan fingerprint density at radius 2 is 2.26 bits per heavy atom. The maximum absolute atomic E-state index is 13.1. The Kier molecular flexibility index (Phi) is 4.29. The predicted molar refractivity (Wildman–Crippen MR) is 68.9 cm³/mol. The first-order valence-corrected chi connectivity index (χ1v) is 6.02. The molecule has 0 saturated carbocycles. The number of methoxy groups -OCH3 is 1. The minimum absolute atomic E-state index is 0.0752. The number of carbonyl (C=O) groups excluding carboxylic acids is 1. The third-order valence-electron chi connectivity index (χ3n) is 2.64. The summed E-state index contributed by atoms with van der Waals surface area (Å²) >= 11 is 5.67. The molecule has 19 heavy (non-hydrogen) atoms. The van der Waals surface area contributed by atoms with Gasteiger partial charge in [0.2, 0.25) is 5.78 Å². The average Bonchev–Trinajstić information content (AvgIpc) is 2.87. The van der Waals surface area contributed by atoms with Gasteiger partial charge in [-0.1, -0.05) is 11.6 Å². The lowest BCUT2D eigenvalue weighted by Crippen LogP contribution is -2.14. The summed E-state index contributed by atoms with van der Waals surface area (Å²) in [5.41, 5.74) is 0.741. The fourth-order valence-electron chi connectivity index (χ4n) is 1.67. The average molecular weight is 283 g/mol. The second-order valence-corrected chi connectivity index (χ2v) is 4.30. The fraction of sp³-hybridized carbons (Fsp3) is 0.231. The summed E-state index contributed by atoms with van der Waals surface area (Å²) in [6.07, 6.45) is 1.54. The summed E-state index contributed by atoms with van der Waals surface area (Å²) in [4.78, 5) is 12.3. The Labute approximate surface area is 114 Å². The first-order chi connectivity index (χ1) is 9.13. The number of rotatable bonds is 5. The van der Waals surface area contributed by atoms with E-state index in [1.807, 2.05) is 0 Å². The highest BCUT2D eigenvalue weighted by Crippen LogP contribution is 2.18. The molecule has 0 N–H and O–H groups in total. The lowest BCUT2D eigenvalue weighted by atomic mass is 10.1. The van der Waals surface area contributed by atoms with Crippen molar-refractivity contribution in [2.75, 3.05) is 13.7 Å². The molecule has 1 heterocycles. The highest BCUT2D eigenvalue weighted by molar-refractivity contribution is 6.31. The number of aromatic nitrogens is 2. The third kappa shape index (κ3) is 3.00. The molecule has 0 atom stereocenters. The van der Waals surface area contributed by atoms with Gasteiger partial charge in [0.1, 0.15) is 11.5 Å². The van der Waals surface area contributed by atoms with Crippen molar-refractivity contribution in [1.82, 2.24) is 9.78 Å². The predicted octanol–water partition coefficient (Wildman–Crippen LogP) is 2.55. The van der Waals surface area contributed by atoms with Gasteiger partial charge >= 0.3 is 0 Å². The van der Waals surface area contributed by atoms with Crippen molar-refractivity contribution in [3.63, 3.8) is 0 Å². The summed E-state index contributed by atoms with van der Waals surface area (Å²) in [6, 6.07) is 5.49. The van der Waals surface area contributed by atoms with Gasteiger partial charge in [0, 0.05) is 18.9 Å². The molecule has 2 aromatic rings. The Morgan fingerprint density at radius 3 is 2.95 bits per heavy atom. The van der Waals surface area contributed by atoms with Crippen LogP contribution in [0.3, 0.4) is 0 Å². The quantitative estimate of drug-likeness (QED) is 0.792. The lowest BCUT2D eigenvalue weighted by Gasteiger charge is -2.06. The largest absolute Gasteiger partial charge is 0.383 e. The smallest absolute Gasteiger partial charge is 0.211 e. The summed E-state index contributed by atoms with van der Waals surface area (Å²) in [5, 5.41) is 3.97. The second-order valence-electron chi connectivity index (χ2n) is 3.89. The Morgan fingerprint density at radius 1 is 1.47 bits per heavy atom. The maximum Gasteiger partial charge on any atom is 0.211 e. The molecule has 2 rings (SSSR count). The first-order valence-electron chi connectivity index (χ1n) is 5.64. The monoisotopic (exact) mass is 282 g/mol. The van der Waals surface area contributed by atoms with Crippen LogP contribution in [-0.2, 0) is 11.3 Å². The zero-order valence-corrected chi connectivity index (χ0v) is 11.0. The van der Waals surface area contributed by atoms with Crippen molar-refractivity contribution in [1.29, 1.82) is 0 Å². The van der Waals surface area contributed by atoms with Crippen molar-refractivity contribution in [2.45, 2.75) is 6.54 Å². The summed E-state index contributed by atoms with van der Waals surface area (Å²) < 4.78 is 19.6. The van der Waals surface area contributed by atoms with Gasteiger partial charge in [-0.15, -0.1) is 0 Å². The van der Waals surface area contributed by atoms with Gasteiger partial charge in [-0.05, 0) is 24.3 Å². The molecule has 0 aliphatic carbocycles.